The van der Waals surface area contributed by atoms with Crippen LogP contribution >= 0.6 is 0 Å². The lowest BCUT2D eigenvalue weighted by Crippen LogP contribution is -2.60. The van der Waals surface area contributed by atoms with E-state index in [1.54, 1.807) is 74.5 Å². The highest BCUT2D eigenvalue weighted by Crippen LogP contribution is 2.14. The molecular formula is C44H55N7O13. The first kappa shape index (κ1) is 51.0. The van der Waals surface area contributed by atoms with Crippen LogP contribution in [0.2, 0.25) is 0 Å². The summed E-state index contributed by atoms with van der Waals surface area (Å²) < 4.78 is 0. The molecular weight excluding hydrogens is 835 g/mol. The number of benzene rings is 3. The highest BCUT2D eigenvalue weighted by molar-refractivity contribution is 5.98. The molecule has 12 N–H and O–H groups in total. The van der Waals surface area contributed by atoms with Crippen molar-refractivity contribution in [2.24, 2.45) is 11.7 Å². The number of hydrogen-bond acceptors (Lipinski definition) is 11. The minimum atomic E-state index is -1.78. The van der Waals surface area contributed by atoms with Crippen LogP contribution in [-0.2, 0) is 62.4 Å². The van der Waals surface area contributed by atoms with Crippen LogP contribution in [0, 0.1) is 5.92 Å². The molecule has 20 heteroatoms. The zero-order chi connectivity index (χ0) is 47.3. The molecule has 0 radical (unpaired) electrons. The normalized spacial score (nSPS) is 13.7. The van der Waals surface area contributed by atoms with Crippen LogP contribution in [0.3, 0.4) is 0 Å². The molecule has 344 valence electrons. The van der Waals surface area contributed by atoms with Gasteiger partial charge >= 0.3 is 17.9 Å². The monoisotopic (exact) mass is 889 g/mol. The van der Waals surface area contributed by atoms with Gasteiger partial charge in [-0.3, -0.25) is 38.4 Å². The summed E-state index contributed by atoms with van der Waals surface area (Å²) >= 11 is 0. The molecule has 0 saturated heterocycles. The number of rotatable bonds is 26. The lowest BCUT2D eigenvalue weighted by atomic mass is 10.00. The summed E-state index contributed by atoms with van der Waals surface area (Å²) in [5.41, 5.74) is 6.93. The van der Waals surface area contributed by atoms with Crippen LogP contribution in [-0.4, -0.2) is 117 Å². The number of aliphatic carboxylic acids is 3. The summed E-state index contributed by atoms with van der Waals surface area (Å²) in [5.74, 6) is -10.1. The van der Waals surface area contributed by atoms with Gasteiger partial charge in [0.25, 0.3) is 0 Å². The number of hydrogen-bond donors (Lipinski definition) is 11. The van der Waals surface area contributed by atoms with E-state index in [1.165, 1.54) is 24.3 Å². The Morgan fingerprint density at radius 3 is 1.28 bits per heavy atom. The number of nitrogens with two attached hydrogens (primary N) is 1. The van der Waals surface area contributed by atoms with Gasteiger partial charge in [0.2, 0.25) is 35.4 Å². The molecule has 0 aliphatic heterocycles. The lowest BCUT2D eigenvalue weighted by molar-refractivity contribution is -0.144. The van der Waals surface area contributed by atoms with Gasteiger partial charge in [0.05, 0.1) is 13.0 Å². The molecule has 0 aliphatic carbocycles. The fraction of sp³-hybridized carbons (Fsp3) is 0.386. The minimum Gasteiger partial charge on any atom is -0.508 e. The quantitative estimate of drug-likeness (QED) is 0.0496. The third-order valence-electron chi connectivity index (χ3n) is 9.66. The highest BCUT2D eigenvalue weighted by atomic mass is 16.4. The highest BCUT2D eigenvalue weighted by Gasteiger charge is 2.35. The molecule has 0 aromatic heterocycles. The molecule has 64 heavy (non-hydrogen) atoms. The largest absolute Gasteiger partial charge is 0.508 e. The average Bonchev–Trinajstić information content (AvgIpc) is 3.24. The van der Waals surface area contributed by atoms with Crippen LogP contribution in [0.5, 0.6) is 5.75 Å². The second-order valence-electron chi connectivity index (χ2n) is 15.4. The SMILES string of the molecule is CC(C)C[C@H](NC(=O)[C@H](CC(=O)O)NC(=O)[C@H](Cc1ccccc1)NC(=O)[C@H](Cc1ccc(O)cc1)NC(=O)[C@H](Cc1ccccc1)NC(=O)[C@H](CCC(=O)O)NC(=O)CN)C(=O)O. The van der Waals surface area contributed by atoms with Crippen LogP contribution < -0.4 is 37.6 Å². The number of aromatic hydroxyl groups is 1. The van der Waals surface area contributed by atoms with Crippen molar-refractivity contribution >= 4 is 53.4 Å². The number of carbonyl (C=O) groups excluding carboxylic acids is 6. The minimum absolute atomic E-state index is 0.00167. The number of nitrogens with one attached hydrogen (secondary N) is 6. The molecule has 0 aliphatic rings. The smallest absolute Gasteiger partial charge is 0.326 e. The Balaban J connectivity index is 2.01. The summed E-state index contributed by atoms with van der Waals surface area (Å²) in [6, 6.07) is 13.3. The second kappa shape index (κ2) is 25.6. The topological polar surface area (TPSA) is 333 Å². The molecule has 0 spiro atoms. The maximum atomic E-state index is 14.4. The van der Waals surface area contributed by atoms with Gasteiger partial charge < -0.3 is 58.1 Å². The van der Waals surface area contributed by atoms with Crippen LogP contribution in [0.4, 0.5) is 0 Å². The summed E-state index contributed by atoms with van der Waals surface area (Å²) in [4.78, 5) is 117. The van der Waals surface area contributed by atoms with Gasteiger partial charge in [-0.05, 0) is 47.6 Å². The maximum absolute atomic E-state index is 14.4. The molecule has 0 fully saturated rings. The van der Waals surface area contributed by atoms with Crippen LogP contribution in [0.1, 0.15) is 56.2 Å². The van der Waals surface area contributed by atoms with Crippen LogP contribution in [0.15, 0.2) is 84.9 Å². The van der Waals surface area contributed by atoms with E-state index in [4.69, 9.17) is 5.73 Å². The second-order valence-corrected chi connectivity index (χ2v) is 15.4. The van der Waals surface area contributed by atoms with Gasteiger partial charge in [0, 0.05) is 25.7 Å². The number of carboxylic acid groups (broad SMARTS) is 3. The summed E-state index contributed by atoms with van der Waals surface area (Å²) in [5, 5.41) is 53.3. The van der Waals surface area contributed by atoms with Gasteiger partial charge in [-0.15, -0.1) is 0 Å². The molecule has 0 saturated carbocycles. The van der Waals surface area contributed by atoms with Crippen molar-refractivity contribution in [3.05, 3.63) is 102 Å². The summed E-state index contributed by atoms with van der Waals surface area (Å²) in [6.07, 6.45) is -2.41. The third-order valence-corrected chi connectivity index (χ3v) is 9.66. The molecule has 0 unspecified atom stereocenters. The van der Waals surface area contributed by atoms with Gasteiger partial charge in [0.1, 0.15) is 42.0 Å². The molecule has 20 nitrogen and oxygen atoms in total. The Bertz CT molecular complexity index is 2090. The lowest BCUT2D eigenvalue weighted by Gasteiger charge is -2.27. The first-order valence-electron chi connectivity index (χ1n) is 20.4. The zero-order valence-corrected chi connectivity index (χ0v) is 35.3. The third kappa shape index (κ3) is 17.9. The molecule has 6 atom stereocenters. The summed E-state index contributed by atoms with van der Waals surface area (Å²) in [6.45, 7) is 2.93. The molecule has 0 heterocycles. The first-order valence-corrected chi connectivity index (χ1v) is 20.4. The predicted molar refractivity (Wildman–Crippen MR) is 229 cm³/mol. The zero-order valence-electron chi connectivity index (χ0n) is 35.3. The fourth-order valence-electron chi connectivity index (χ4n) is 6.42. The van der Waals surface area contributed by atoms with E-state index < -0.39 is 109 Å². The van der Waals surface area contributed by atoms with Crippen molar-refractivity contribution in [1.29, 1.82) is 0 Å². The Morgan fingerprint density at radius 2 is 0.891 bits per heavy atom. The van der Waals surface area contributed by atoms with E-state index in [9.17, 15) is 63.6 Å². The molecule has 6 amide bonds. The van der Waals surface area contributed by atoms with E-state index >= 15 is 0 Å². The van der Waals surface area contributed by atoms with E-state index in [1.807, 2.05) is 0 Å². The molecule has 0 bridgehead atoms. The van der Waals surface area contributed by atoms with Crippen molar-refractivity contribution < 1.29 is 63.6 Å². The standard InChI is InChI=1S/C44H55N7O13/c1-25(2)19-35(44(63)64)51-43(62)34(23-38(56)57)50-42(61)32(21-27-11-7-4-8-12-27)48-41(60)33(22-28-13-15-29(52)16-14-28)49-40(59)31(20-26-9-5-3-6-10-26)47-39(58)30(17-18-37(54)55)46-36(53)24-45/h3-16,25,30-35,52H,17-24,45H2,1-2H3,(H,46,53)(H,47,58)(H,48,60)(H,49,59)(H,50,61)(H,51,62)(H,54,55)(H,56,57)(H,63,64)/t30-,31-,32-,33-,34-,35-/m0/s1. The van der Waals surface area contributed by atoms with Crippen molar-refractivity contribution in [1.82, 2.24) is 31.9 Å². The first-order chi connectivity index (χ1) is 30.3. The van der Waals surface area contributed by atoms with Gasteiger partial charge in [0.15, 0.2) is 0 Å². The number of carbonyl (C=O) groups is 9. The van der Waals surface area contributed by atoms with E-state index in [2.05, 4.69) is 31.9 Å². The van der Waals surface area contributed by atoms with E-state index in [0.29, 0.717) is 16.7 Å². The Morgan fingerprint density at radius 1 is 0.500 bits per heavy atom. The van der Waals surface area contributed by atoms with Gasteiger partial charge in [-0.25, -0.2) is 4.79 Å². The Labute approximate surface area is 368 Å². The molecule has 3 aromatic rings. The number of phenolic OH excluding ortho intramolecular Hbond substituents is 1. The van der Waals surface area contributed by atoms with Gasteiger partial charge in [-0.2, -0.15) is 0 Å². The number of carboxylic acids is 3. The fourth-order valence-corrected chi connectivity index (χ4v) is 6.42. The molecule has 3 rings (SSSR count). The van der Waals surface area contributed by atoms with Gasteiger partial charge in [-0.1, -0.05) is 86.6 Å². The molecule has 3 aromatic carbocycles. The Hall–Kier alpha value is -7.35. The van der Waals surface area contributed by atoms with Crippen LogP contribution in [0.25, 0.3) is 0 Å². The number of phenols is 1. The van der Waals surface area contributed by atoms with Crippen molar-refractivity contribution in [3.8, 4) is 5.75 Å². The van der Waals surface area contributed by atoms with E-state index in [0.717, 1.165) is 0 Å². The van der Waals surface area contributed by atoms with Crippen molar-refractivity contribution in [3.63, 3.8) is 0 Å². The van der Waals surface area contributed by atoms with E-state index in [-0.39, 0.29) is 43.8 Å². The number of amides is 6. The predicted octanol–water partition coefficient (Wildman–Crippen LogP) is -0.242. The van der Waals surface area contributed by atoms with Crippen molar-refractivity contribution in [2.75, 3.05) is 6.54 Å². The Kier molecular flexibility index (Phi) is 20.4. The maximum Gasteiger partial charge on any atom is 0.326 e. The summed E-state index contributed by atoms with van der Waals surface area (Å²) in [7, 11) is 0. The average molecular weight is 890 g/mol. The van der Waals surface area contributed by atoms with Crippen molar-refractivity contribution in [2.45, 2.75) is 95.0 Å².